The van der Waals surface area contributed by atoms with Crippen LogP contribution in [-0.2, 0) is 0 Å². The Morgan fingerprint density at radius 1 is 1.33 bits per heavy atom. The van der Waals surface area contributed by atoms with Crippen molar-refractivity contribution in [2.75, 3.05) is 0 Å². The maximum absolute atomic E-state index is 3.88. The van der Waals surface area contributed by atoms with Crippen LogP contribution in [0.3, 0.4) is 0 Å². The minimum absolute atomic E-state index is 0.0417. The minimum atomic E-state index is 0.0417. The molecule has 0 aromatic rings. The van der Waals surface area contributed by atoms with Gasteiger partial charge in [0.25, 0.3) is 0 Å². The lowest BCUT2D eigenvalue weighted by Crippen LogP contribution is -1.85. The lowest BCUT2D eigenvalue weighted by molar-refractivity contribution is 0.602. The van der Waals surface area contributed by atoms with Gasteiger partial charge in [0, 0.05) is 0 Å². The van der Waals surface area contributed by atoms with Crippen LogP contribution in [-0.4, -0.2) is 16.0 Å². The average Bonchev–Trinajstić information content (AvgIpc) is 1.88. The van der Waals surface area contributed by atoms with Crippen LogP contribution in [0.4, 0.5) is 0 Å². The smallest absolute Gasteiger partial charge is 0.280 e. The molecule has 0 fully saturated rings. The van der Waals surface area contributed by atoms with E-state index in [0.29, 0.717) is 5.92 Å². The normalized spacial score (nSPS) is 7.78. The molecule has 0 atom stereocenters. The van der Waals surface area contributed by atoms with E-state index >= 15 is 0 Å². The summed E-state index contributed by atoms with van der Waals surface area (Å²) in [7, 11) is 0. The highest BCUT2D eigenvalue weighted by Gasteiger charge is 1.88. The number of hydrogen-bond acceptors (Lipinski definition) is 0. The topological polar surface area (TPSA) is 0 Å². The zero-order valence-corrected chi connectivity index (χ0v) is 10.7. The van der Waals surface area contributed by atoms with Crippen molar-refractivity contribution in [1.29, 1.82) is 0 Å². The summed E-state index contributed by atoms with van der Waals surface area (Å²) in [6.45, 7) is 8.21. The van der Waals surface area contributed by atoms with Gasteiger partial charge in [-0.25, -0.2) is 0 Å². The molecule has 0 spiro atoms. The van der Waals surface area contributed by atoms with E-state index in [-0.39, 0.29) is 16.0 Å². The molecule has 0 aromatic carbocycles. The molecule has 0 heterocycles. The predicted octanol–water partition coefficient (Wildman–Crippen LogP) is 3.57. The Kier molecular flexibility index (Phi) is 18.4. The van der Waals surface area contributed by atoms with Crippen molar-refractivity contribution in [3.05, 3.63) is 6.92 Å². The number of rotatable bonds is 2. The van der Waals surface area contributed by atoms with E-state index in [1.165, 1.54) is 12.8 Å². The summed E-state index contributed by atoms with van der Waals surface area (Å²) in [6, 6.07) is 0. The maximum Gasteiger partial charge on any atom is 0.560 e. The Labute approximate surface area is 80.6 Å². The molecule has 0 aromatic heterocycles. The second-order valence-corrected chi connectivity index (χ2v) is 9.86. The average molecular weight is 269 g/mol. The van der Waals surface area contributed by atoms with E-state index < -0.39 is 0 Å². The number of hydrogen-bond donors (Lipinski definition) is 0. The maximum atomic E-state index is 3.88. The van der Waals surface area contributed by atoms with Gasteiger partial charge < -0.3 is 0 Å². The first-order valence-electron chi connectivity index (χ1n) is 3.17. The standard InChI is InChI=1S/C6H13.2BrH.Mg/c1-4-6(3)5-2;;;/h6H,3-5H2,1-2H3;2*1H;/q;;;+2/p-2. The molecule has 0 saturated heterocycles. The van der Waals surface area contributed by atoms with Crippen LogP contribution < -0.4 is 0 Å². The fourth-order valence-electron chi connectivity index (χ4n) is 0.289. The Hall–Kier alpha value is 1.73. The highest BCUT2D eigenvalue weighted by Crippen LogP contribution is 2.02. The fraction of sp³-hybridized carbons (Fsp3) is 0.833. The monoisotopic (exact) mass is 267 g/mol. The second kappa shape index (κ2) is 12.4. The van der Waals surface area contributed by atoms with Crippen LogP contribution in [0.25, 0.3) is 0 Å². The van der Waals surface area contributed by atoms with Crippen LogP contribution >= 0.6 is 25.8 Å². The molecular formula is C6H13Br2Mg. The number of halogens is 2. The quantitative estimate of drug-likeness (QED) is 0.672. The molecule has 1 radical (unpaired) electrons. The van der Waals surface area contributed by atoms with Gasteiger partial charge >= 0.3 is 16.0 Å². The third-order valence-corrected chi connectivity index (χ3v) is 1.15. The van der Waals surface area contributed by atoms with Crippen molar-refractivity contribution < 1.29 is 0 Å². The summed E-state index contributed by atoms with van der Waals surface area (Å²) in [5.74, 6) is 0.685. The third-order valence-electron chi connectivity index (χ3n) is 1.15. The van der Waals surface area contributed by atoms with Crippen LogP contribution in [0.2, 0.25) is 0 Å². The molecule has 0 amide bonds. The van der Waals surface area contributed by atoms with Gasteiger partial charge in [-0.2, -0.15) is 0 Å². The Morgan fingerprint density at radius 2 is 1.56 bits per heavy atom. The molecule has 0 N–H and O–H groups in total. The lowest BCUT2D eigenvalue weighted by atomic mass is 10.1. The Morgan fingerprint density at radius 3 is 1.56 bits per heavy atom. The van der Waals surface area contributed by atoms with E-state index in [4.69, 9.17) is 0 Å². The molecule has 3 heteroatoms. The molecule has 0 rings (SSSR count). The Bertz CT molecular complexity index is 38.0. The van der Waals surface area contributed by atoms with Gasteiger partial charge in [-0.05, 0) is 5.92 Å². The molecule has 0 saturated carbocycles. The molecule has 0 aliphatic rings. The van der Waals surface area contributed by atoms with E-state index in [2.05, 4.69) is 46.5 Å². The lowest BCUT2D eigenvalue weighted by Gasteiger charge is -1.98. The predicted molar refractivity (Wildman–Crippen MR) is 53.0 cm³/mol. The van der Waals surface area contributed by atoms with Crippen molar-refractivity contribution in [2.45, 2.75) is 26.7 Å². The van der Waals surface area contributed by atoms with Gasteiger partial charge in [0.1, 0.15) is 0 Å². The van der Waals surface area contributed by atoms with Gasteiger partial charge in [-0.1, -0.05) is 33.6 Å². The summed E-state index contributed by atoms with van der Waals surface area (Å²) in [6.07, 6.45) is 2.44. The van der Waals surface area contributed by atoms with Gasteiger partial charge in [-0.15, -0.1) is 0 Å². The van der Waals surface area contributed by atoms with Crippen LogP contribution in [0.1, 0.15) is 26.7 Å². The summed E-state index contributed by atoms with van der Waals surface area (Å²) >= 11 is 6.44. The van der Waals surface area contributed by atoms with Gasteiger partial charge in [0.15, 0.2) is 0 Å². The first-order chi connectivity index (χ1) is 4.22. The zero-order chi connectivity index (χ0) is 7.70. The summed E-state index contributed by atoms with van der Waals surface area (Å²) < 4.78 is 0. The summed E-state index contributed by atoms with van der Waals surface area (Å²) in [5.41, 5.74) is 0. The summed E-state index contributed by atoms with van der Waals surface area (Å²) in [5, 5.41) is 0. The fourth-order valence-corrected chi connectivity index (χ4v) is 0.289. The Balaban J connectivity index is 0. The van der Waals surface area contributed by atoms with Crippen molar-refractivity contribution in [2.24, 2.45) is 5.92 Å². The molecular weight excluding hydrogens is 256 g/mol. The molecule has 0 aliphatic heterocycles. The molecule has 0 unspecified atom stereocenters. The van der Waals surface area contributed by atoms with Gasteiger partial charge in [-0.3, -0.25) is 25.8 Å². The van der Waals surface area contributed by atoms with Crippen molar-refractivity contribution in [1.82, 2.24) is 0 Å². The largest absolute Gasteiger partial charge is 0.560 e. The molecule has 0 aliphatic carbocycles. The van der Waals surface area contributed by atoms with Crippen LogP contribution in [0, 0.1) is 12.8 Å². The molecule has 9 heavy (non-hydrogen) atoms. The molecule has 0 bridgehead atoms. The molecule has 53 valence electrons. The van der Waals surface area contributed by atoms with Crippen molar-refractivity contribution in [3.63, 3.8) is 0 Å². The van der Waals surface area contributed by atoms with E-state index in [1.807, 2.05) is 0 Å². The summed E-state index contributed by atoms with van der Waals surface area (Å²) in [4.78, 5) is 0. The van der Waals surface area contributed by atoms with Crippen LogP contribution in [0.15, 0.2) is 0 Å². The van der Waals surface area contributed by atoms with E-state index in [1.54, 1.807) is 0 Å². The van der Waals surface area contributed by atoms with E-state index in [0.717, 1.165) is 0 Å². The zero-order valence-electron chi connectivity index (χ0n) is 6.16. The van der Waals surface area contributed by atoms with Crippen LogP contribution in [0.5, 0.6) is 0 Å². The van der Waals surface area contributed by atoms with E-state index in [9.17, 15) is 0 Å². The SMILES string of the molecule is [Br][Mg][Br].[CH2]C(CC)CC. The van der Waals surface area contributed by atoms with Crippen molar-refractivity contribution >= 4 is 41.8 Å². The molecule has 0 nitrogen and oxygen atoms in total. The first kappa shape index (κ1) is 13.3. The third kappa shape index (κ3) is 17.7. The van der Waals surface area contributed by atoms with Gasteiger partial charge in [0.05, 0.1) is 0 Å². The minimum Gasteiger partial charge on any atom is -0.280 e. The second-order valence-electron chi connectivity index (χ2n) is 1.78. The highest BCUT2D eigenvalue weighted by molar-refractivity contribution is 9.47. The van der Waals surface area contributed by atoms with Crippen molar-refractivity contribution in [3.8, 4) is 0 Å². The first-order valence-corrected chi connectivity index (χ1v) is 11.0. The highest BCUT2D eigenvalue weighted by atomic mass is 79.9. The van der Waals surface area contributed by atoms with Gasteiger partial charge in [0.2, 0.25) is 0 Å².